The van der Waals surface area contributed by atoms with Gasteiger partial charge in [-0.1, -0.05) is 46.0 Å². The van der Waals surface area contributed by atoms with Gasteiger partial charge in [-0.2, -0.15) is 0 Å². The van der Waals surface area contributed by atoms with Gasteiger partial charge < -0.3 is 15.2 Å². The number of hydrogen-bond acceptors (Lipinski definition) is 3. The maximum Gasteiger partial charge on any atom is 0.0897 e. The Morgan fingerprint density at radius 3 is 2.70 bits per heavy atom. The Morgan fingerprint density at radius 1 is 1.25 bits per heavy atom. The third-order valence-corrected chi connectivity index (χ3v) is 4.48. The van der Waals surface area contributed by atoms with Crippen LogP contribution in [0.15, 0.2) is 0 Å². The fourth-order valence-corrected chi connectivity index (χ4v) is 2.96. The first kappa shape index (κ1) is 17.9. The van der Waals surface area contributed by atoms with E-state index in [1.807, 2.05) is 0 Å². The van der Waals surface area contributed by atoms with Gasteiger partial charge in [-0.25, -0.2) is 0 Å². The highest BCUT2D eigenvalue weighted by atomic mass is 16.5. The van der Waals surface area contributed by atoms with Crippen molar-refractivity contribution in [2.45, 2.75) is 90.4 Å². The van der Waals surface area contributed by atoms with Crippen molar-refractivity contribution in [1.29, 1.82) is 0 Å². The second-order valence-electron chi connectivity index (χ2n) is 6.59. The zero-order chi connectivity index (χ0) is 14.8. The van der Waals surface area contributed by atoms with Crippen LogP contribution in [-0.4, -0.2) is 36.5 Å². The molecule has 0 saturated heterocycles. The van der Waals surface area contributed by atoms with Crippen LogP contribution in [0.1, 0.15) is 72.1 Å². The third-order valence-electron chi connectivity index (χ3n) is 4.48. The van der Waals surface area contributed by atoms with Crippen LogP contribution in [0.25, 0.3) is 0 Å². The molecule has 2 N–H and O–H groups in total. The predicted molar refractivity (Wildman–Crippen MR) is 85.0 cm³/mol. The molecule has 0 aromatic rings. The van der Waals surface area contributed by atoms with Crippen molar-refractivity contribution in [3.8, 4) is 0 Å². The second-order valence-corrected chi connectivity index (χ2v) is 6.59. The van der Waals surface area contributed by atoms with Crippen LogP contribution >= 0.6 is 0 Å². The average molecular weight is 285 g/mol. The summed E-state index contributed by atoms with van der Waals surface area (Å²) < 4.78 is 5.90. The van der Waals surface area contributed by atoms with Crippen molar-refractivity contribution in [3.05, 3.63) is 0 Å². The largest absolute Gasteiger partial charge is 0.389 e. The first-order chi connectivity index (χ1) is 9.63. The monoisotopic (exact) mass is 285 g/mol. The number of rotatable bonds is 10. The van der Waals surface area contributed by atoms with Gasteiger partial charge in [0.05, 0.1) is 18.8 Å². The molecular formula is C17H35NO2. The van der Waals surface area contributed by atoms with Crippen molar-refractivity contribution in [3.63, 3.8) is 0 Å². The van der Waals surface area contributed by atoms with E-state index in [9.17, 15) is 5.11 Å². The topological polar surface area (TPSA) is 41.5 Å². The summed E-state index contributed by atoms with van der Waals surface area (Å²) in [6.07, 6.45) is 10.1. The number of ether oxygens (including phenoxy) is 1. The summed E-state index contributed by atoms with van der Waals surface area (Å²) in [5.74, 6) is 0.650. The SMILES string of the molecule is CCCCCC(C)NCC(O)COC1CCCCC1C. The molecule has 0 aromatic carbocycles. The molecule has 0 aliphatic heterocycles. The van der Waals surface area contributed by atoms with Crippen LogP contribution in [0.2, 0.25) is 0 Å². The molecular weight excluding hydrogens is 250 g/mol. The summed E-state index contributed by atoms with van der Waals surface area (Å²) in [6, 6.07) is 0.491. The zero-order valence-electron chi connectivity index (χ0n) is 13.7. The Morgan fingerprint density at radius 2 is 2.00 bits per heavy atom. The molecule has 4 atom stereocenters. The van der Waals surface area contributed by atoms with Gasteiger partial charge >= 0.3 is 0 Å². The third kappa shape index (κ3) is 7.61. The van der Waals surface area contributed by atoms with Crippen LogP contribution in [0.5, 0.6) is 0 Å². The van der Waals surface area contributed by atoms with E-state index in [-0.39, 0.29) is 6.10 Å². The summed E-state index contributed by atoms with van der Waals surface area (Å²) in [6.45, 7) is 7.82. The minimum atomic E-state index is -0.377. The van der Waals surface area contributed by atoms with E-state index in [4.69, 9.17) is 4.74 Å². The molecule has 0 spiro atoms. The van der Waals surface area contributed by atoms with E-state index >= 15 is 0 Å². The molecule has 20 heavy (non-hydrogen) atoms. The van der Waals surface area contributed by atoms with Gasteiger partial charge in [-0.05, 0) is 32.1 Å². The Balaban J connectivity index is 2.05. The molecule has 4 unspecified atom stereocenters. The molecule has 120 valence electrons. The lowest BCUT2D eigenvalue weighted by atomic mass is 9.88. The van der Waals surface area contributed by atoms with Gasteiger partial charge in [0.15, 0.2) is 0 Å². The lowest BCUT2D eigenvalue weighted by molar-refractivity contribution is -0.0455. The van der Waals surface area contributed by atoms with Crippen LogP contribution in [0.4, 0.5) is 0 Å². The fraction of sp³-hybridized carbons (Fsp3) is 1.00. The van der Waals surface area contributed by atoms with E-state index in [0.29, 0.717) is 31.2 Å². The predicted octanol–water partition coefficient (Wildman–Crippen LogP) is 3.50. The van der Waals surface area contributed by atoms with E-state index in [2.05, 4.69) is 26.1 Å². The summed E-state index contributed by atoms with van der Waals surface area (Å²) in [4.78, 5) is 0. The van der Waals surface area contributed by atoms with Gasteiger partial charge in [0.2, 0.25) is 0 Å². The molecule has 1 aliphatic rings. The zero-order valence-corrected chi connectivity index (χ0v) is 13.7. The van der Waals surface area contributed by atoms with Crippen molar-refractivity contribution < 1.29 is 9.84 Å². The van der Waals surface area contributed by atoms with Gasteiger partial charge in [0, 0.05) is 12.6 Å². The number of aliphatic hydroxyl groups is 1. The number of hydrogen-bond donors (Lipinski definition) is 2. The molecule has 1 rings (SSSR count). The summed E-state index contributed by atoms with van der Waals surface area (Å²) in [7, 11) is 0. The smallest absolute Gasteiger partial charge is 0.0897 e. The molecule has 3 heteroatoms. The number of aliphatic hydroxyl groups excluding tert-OH is 1. The van der Waals surface area contributed by atoms with Crippen LogP contribution in [-0.2, 0) is 4.74 Å². The Hall–Kier alpha value is -0.120. The van der Waals surface area contributed by atoms with Gasteiger partial charge in [-0.3, -0.25) is 0 Å². The fourth-order valence-electron chi connectivity index (χ4n) is 2.96. The van der Waals surface area contributed by atoms with E-state index in [1.165, 1.54) is 44.9 Å². The highest BCUT2D eigenvalue weighted by Gasteiger charge is 2.22. The molecule has 0 heterocycles. The normalized spacial score (nSPS) is 26.4. The van der Waals surface area contributed by atoms with E-state index < -0.39 is 0 Å². The van der Waals surface area contributed by atoms with Gasteiger partial charge in [-0.15, -0.1) is 0 Å². The van der Waals surface area contributed by atoms with Crippen LogP contribution in [0.3, 0.4) is 0 Å². The molecule has 3 nitrogen and oxygen atoms in total. The summed E-state index contributed by atoms with van der Waals surface area (Å²) in [5, 5.41) is 13.4. The molecule has 0 radical (unpaired) electrons. The van der Waals surface area contributed by atoms with Crippen molar-refractivity contribution in [2.75, 3.05) is 13.2 Å². The Bertz CT molecular complexity index is 235. The Kier molecular flexibility index (Phi) is 9.49. The van der Waals surface area contributed by atoms with E-state index in [1.54, 1.807) is 0 Å². The highest BCUT2D eigenvalue weighted by Crippen LogP contribution is 2.26. The quantitative estimate of drug-likeness (QED) is 0.604. The molecule has 0 bridgehead atoms. The van der Waals surface area contributed by atoms with Gasteiger partial charge in [0.1, 0.15) is 0 Å². The molecule has 0 aromatic heterocycles. The van der Waals surface area contributed by atoms with Crippen LogP contribution in [0, 0.1) is 5.92 Å². The minimum absolute atomic E-state index is 0.361. The van der Waals surface area contributed by atoms with Crippen molar-refractivity contribution in [1.82, 2.24) is 5.32 Å². The number of nitrogens with one attached hydrogen (secondary N) is 1. The van der Waals surface area contributed by atoms with Crippen molar-refractivity contribution in [2.24, 2.45) is 5.92 Å². The maximum atomic E-state index is 10.00. The molecule has 1 aliphatic carbocycles. The summed E-state index contributed by atoms with van der Waals surface area (Å²) in [5.41, 5.74) is 0. The van der Waals surface area contributed by atoms with E-state index in [0.717, 1.165) is 6.42 Å². The average Bonchev–Trinajstić information content (AvgIpc) is 2.44. The molecule has 1 fully saturated rings. The molecule has 1 saturated carbocycles. The first-order valence-corrected chi connectivity index (χ1v) is 8.66. The maximum absolute atomic E-state index is 10.00. The lowest BCUT2D eigenvalue weighted by Crippen LogP contribution is -2.37. The second kappa shape index (κ2) is 10.6. The summed E-state index contributed by atoms with van der Waals surface area (Å²) >= 11 is 0. The number of unbranched alkanes of at least 4 members (excludes halogenated alkanes) is 2. The first-order valence-electron chi connectivity index (χ1n) is 8.66. The Labute approximate surface area is 125 Å². The van der Waals surface area contributed by atoms with Crippen LogP contribution < -0.4 is 5.32 Å². The van der Waals surface area contributed by atoms with Crippen molar-refractivity contribution >= 4 is 0 Å². The standard InChI is InChI=1S/C17H35NO2/c1-4-5-6-10-15(3)18-12-16(19)13-20-17-11-8-7-9-14(17)2/h14-19H,4-13H2,1-3H3. The lowest BCUT2D eigenvalue weighted by Gasteiger charge is -2.29. The van der Waals surface area contributed by atoms with Gasteiger partial charge in [0.25, 0.3) is 0 Å². The minimum Gasteiger partial charge on any atom is -0.389 e. The highest BCUT2D eigenvalue weighted by molar-refractivity contribution is 4.73. The molecule has 0 amide bonds.